The largest absolute Gasteiger partial charge is 0.487 e. The van der Waals surface area contributed by atoms with Crippen LogP contribution in [0.5, 0.6) is 5.75 Å². The fraction of sp³-hybridized carbons (Fsp3) is 0.500. The molecule has 1 aromatic carbocycles. The van der Waals surface area contributed by atoms with Crippen LogP contribution in [-0.2, 0) is 6.42 Å². The van der Waals surface area contributed by atoms with Crippen LogP contribution >= 0.6 is 0 Å². The molecule has 0 fully saturated rings. The summed E-state index contributed by atoms with van der Waals surface area (Å²) >= 11 is 0. The van der Waals surface area contributed by atoms with Crippen molar-refractivity contribution in [2.45, 2.75) is 45.6 Å². The van der Waals surface area contributed by atoms with Gasteiger partial charge in [-0.2, -0.15) is 0 Å². The first kappa shape index (κ1) is 10.9. The second-order valence-corrected chi connectivity index (χ2v) is 5.77. The topological polar surface area (TPSA) is 9.23 Å². The Labute approximate surface area is 103 Å². The van der Waals surface area contributed by atoms with Crippen molar-refractivity contribution in [2.24, 2.45) is 5.92 Å². The summed E-state index contributed by atoms with van der Waals surface area (Å²) in [6, 6.07) is 6.56. The van der Waals surface area contributed by atoms with Crippen molar-refractivity contribution in [3.8, 4) is 5.75 Å². The number of hydrogen-bond acceptors (Lipinski definition) is 1. The highest BCUT2D eigenvalue weighted by Crippen LogP contribution is 2.45. The van der Waals surface area contributed by atoms with Crippen LogP contribution in [0.15, 0.2) is 29.8 Å². The minimum atomic E-state index is 0.0150. The maximum atomic E-state index is 6.31. The van der Waals surface area contributed by atoms with Gasteiger partial charge in [0.1, 0.15) is 11.4 Å². The van der Waals surface area contributed by atoms with Crippen molar-refractivity contribution in [1.82, 2.24) is 0 Å². The van der Waals surface area contributed by atoms with Gasteiger partial charge in [-0.05, 0) is 51.7 Å². The first-order chi connectivity index (χ1) is 8.08. The molecular weight excluding hydrogens is 208 g/mol. The second-order valence-electron chi connectivity index (χ2n) is 5.77. The van der Waals surface area contributed by atoms with Crippen molar-refractivity contribution in [3.63, 3.8) is 0 Å². The number of rotatable bonds is 0. The summed E-state index contributed by atoms with van der Waals surface area (Å²) in [5.41, 5.74) is 4.22. The molecule has 1 heterocycles. The maximum absolute atomic E-state index is 6.31. The van der Waals surface area contributed by atoms with E-state index in [2.05, 4.69) is 45.0 Å². The molecule has 2 atom stereocenters. The van der Waals surface area contributed by atoms with Gasteiger partial charge in [0.2, 0.25) is 0 Å². The molecule has 0 bridgehead atoms. The van der Waals surface area contributed by atoms with Gasteiger partial charge in [-0.15, -0.1) is 0 Å². The van der Waals surface area contributed by atoms with E-state index in [0.717, 1.165) is 25.0 Å². The highest BCUT2D eigenvalue weighted by molar-refractivity contribution is 5.41. The van der Waals surface area contributed by atoms with Gasteiger partial charge in [-0.1, -0.05) is 29.3 Å². The average Bonchev–Trinajstić information content (AvgIpc) is 2.28. The van der Waals surface area contributed by atoms with Crippen molar-refractivity contribution in [1.29, 1.82) is 0 Å². The molecule has 0 saturated heterocycles. The van der Waals surface area contributed by atoms with E-state index in [1.165, 1.54) is 16.7 Å². The lowest BCUT2D eigenvalue weighted by Crippen LogP contribution is -2.47. The molecule has 0 unspecified atom stereocenters. The summed E-state index contributed by atoms with van der Waals surface area (Å²) in [6.45, 7) is 6.68. The molecule has 0 spiro atoms. The summed E-state index contributed by atoms with van der Waals surface area (Å²) in [7, 11) is 0. The second kappa shape index (κ2) is 3.63. The van der Waals surface area contributed by atoms with Gasteiger partial charge in [0.15, 0.2) is 0 Å². The zero-order chi connectivity index (χ0) is 12.0. The highest BCUT2D eigenvalue weighted by atomic mass is 16.5. The zero-order valence-corrected chi connectivity index (χ0v) is 10.9. The molecule has 1 aliphatic heterocycles. The van der Waals surface area contributed by atoms with Crippen molar-refractivity contribution in [2.75, 3.05) is 0 Å². The lowest BCUT2D eigenvalue weighted by atomic mass is 9.71. The first-order valence-electron chi connectivity index (χ1n) is 6.54. The third kappa shape index (κ3) is 1.69. The number of ether oxygens (including phenoxy) is 1. The molecule has 1 heteroatoms. The van der Waals surface area contributed by atoms with Gasteiger partial charge in [0, 0.05) is 5.92 Å². The Hall–Kier alpha value is -1.24. The van der Waals surface area contributed by atoms with Crippen LogP contribution < -0.4 is 4.74 Å². The smallest absolute Gasteiger partial charge is 0.123 e. The van der Waals surface area contributed by atoms with Crippen LogP contribution in [-0.4, -0.2) is 5.60 Å². The quantitative estimate of drug-likeness (QED) is 0.609. The van der Waals surface area contributed by atoms with E-state index in [0.29, 0.717) is 5.92 Å². The molecular formula is C16H20O. The predicted octanol–water partition coefficient (Wildman–Crippen LogP) is 4.04. The molecule has 0 N–H and O–H groups in total. The van der Waals surface area contributed by atoms with Gasteiger partial charge in [0.05, 0.1) is 0 Å². The van der Waals surface area contributed by atoms with Crippen LogP contribution in [0.25, 0.3) is 0 Å². The van der Waals surface area contributed by atoms with E-state index < -0.39 is 0 Å². The van der Waals surface area contributed by atoms with E-state index in [4.69, 9.17) is 4.74 Å². The average molecular weight is 228 g/mol. The Morgan fingerprint density at radius 2 is 2.12 bits per heavy atom. The molecule has 2 aliphatic rings. The highest BCUT2D eigenvalue weighted by Gasteiger charge is 2.42. The van der Waals surface area contributed by atoms with E-state index in [1.807, 2.05) is 0 Å². The molecule has 1 aliphatic carbocycles. The number of fused-ring (bicyclic) bond motifs is 2. The van der Waals surface area contributed by atoms with Crippen LogP contribution in [0.2, 0.25) is 0 Å². The van der Waals surface area contributed by atoms with E-state index in [9.17, 15) is 0 Å². The maximum Gasteiger partial charge on any atom is 0.123 e. The normalized spacial score (nSPS) is 31.0. The fourth-order valence-electron chi connectivity index (χ4n) is 3.32. The van der Waals surface area contributed by atoms with Gasteiger partial charge < -0.3 is 4.74 Å². The summed E-state index contributed by atoms with van der Waals surface area (Å²) in [6.07, 6.45) is 5.81. The standard InChI is InChI=1S/C16H20O/c1-11-6-7-15-13(9-11)10-14-12(2)5-4-8-16(14,3)17-15/h5-7,9,14H,4,8,10H2,1-3H3/t14-,16-/m0/s1. The molecule has 1 nitrogen and oxygen atoms in total. The fourth-order valence-corrected chi connectivity index (χ4v) is 3.32. The summed E-state index contributed by atoms with van der Waals surface area (Å²) in [5, 5.41) is 0. The Bertz CT molecular complexity index is 486. The zero-order valence-electron chi connectivity index (χ0n) is 10.9. The minimum absolute atomic E-state index is 0.0150. The molecule has 0 saturated carbocycles. The Morgan fingerprint density at radius 3 is 2.94 bits per heavy atom. The molecule has 1 aromatic rings. The third-order valence-electron chi connectivity index (χ3n) is 4.38. The Kier molecular flexibility index (Phi) is 2.32. The summed E-state index contributed by atoms with van der Waals surface area (Å²) < 4.78 is 6.31. The third-order valence-corrected chi connectivity index (χ3v) is 4.38. The molecule has 90 valence electrons. The molecule has 0 radical (unpaired) electrons. The minimum Gasteiger partial charge on any atom is -0.487 e. The molecule has 0 amide bonds. The Balaban J connectivity index is 2.05. The van der Waals surface area contributed by atoms with Crippen molar-refractivity contribution in [3.05, 3.63) is 41.0 Å². The van der Waals surface area contributed by atoms with E-state index in [1.54, 1.807) is 0 Å². The van der Waals surface area contributed by atoms with Crippen molar-refractivity contribution < 1.29 is 4.74 Å². The molecule has 0 aromatic heterocycles. The number of aryl methyl sites for hydroxylation is 1. The van der Waals surface area contributed by atoms with Crippen LogP contribution in [0.3, 0.4) is 0 Å². The van der Waals surface area contributed by atoms with Gasteiger partial charge in [-0.25, -0.2) is 0 Å². The summed E-state index contributed by atoms with van der Waals surface area (Å²) in [5.74, 6) is 1.66. The lowest BCUT2D eigenvalue weighted by molar-refractivity contribution is 0.0122. The van der Waals surface area contributed by atoms with E-state index in [-0.39, 0.29) is 5.60 Å². The van der Waals surface area contributed by atoms with Gasteiger partial charge >= 0.3 is 0 Å². The predicted molar refractivity (Wildman–Crippen MR) is 70.4 cm³/mol. The SMILES string of the molecule is CC1=CCC[C@]2(C)Oc3ccc(C)cc3C[C@@H]12. The van der Waals surface area contributed by atoms with Crippen molar-refractivity contribution >= 4 is 0 Å². The number of allylic oxidation sites excluding steroid dienone is 1. The first-order valence-corrected chi connectivity index (χ1v) is 6.54. The van der Waals surface area contributed by atoms with Gasteiger partial charge in [-0.3, -0.25) is 0 Å². The van der Waals surface area contributed by atoms with Crippen LogP contribution in [0.4, 0.5) is 0 Å². The number of benzene rings is 1. The van der Waals surface area contributed by atoms with Crippen LogP contribution in [0.1, 0.15) is 37.8 Å². The Morgan fingerprint density at radius 1 is 1.29 bits per heavy atom. The molecule has 3 rings (SSSR count). The van der Waals surface area contributed by atoms with Gasteiger partial charge in [0.25, 0.3) is 0 Å². The summed E-state index contributed by atoms with van der Waals surface area (Å²) in [4.78, 5) is 0. The lowest BCUT2D eigenvalue weighted by Gasteiger charge is -2.45. The number of hydrogen-bond donors (Lipinski definition) is 0. The van der Waals surface area contributed by atoms with Crippen LogP contribution in [0, 0.1) is 12.8 Å². The molecule has 17 heavy (non-hydrogen) atoms. The monoisotopic (exact) mass is 228 g/mol. The van der Waals surface area contributed by atoms with E-state index >= 15 is 0 Å².